The first-order valence-corrected chi connectivity index (χ1v) is 10.7. The van der Waals surface area contributed by atoms with E-state index >= 15 is 0 Å². The van der Waals surface area contributed by atoms with Crippen LogP contribution in [0.25, 0.3) is 0 Å². The minimum absolute atomic E-state index is 0.0385. The SMILES string of the molecule is COC(=O)C1=C2CCC3=C2C2(C1)C(=O)C1CC4N(CC1C)CC(CC3)C42C. The molecule has 2 aliphatic heterocycles. The van der Waals surface area contributed by atoms with E-state index in [-0.39, 0.29) is 17.3 Å². The van der Waals surface area contributed by atoms with Crippen molar-refractivity contribution in [3.63, 3.8) is 0 Å². The Morgan fingerprint density at radius 3 is 2.81 bits per heavy atom. The molecule has 0 aromatic rings. The summed E-state index contributed by atoms with van der Waals surface area (Å²) in [6, 6.07) is 0.493. The number of piperidine rings is 1. The van der Waals surface area contributed by atoms with Crippen LogP contribution in [-0.2, 0) is 14.3 Å². The van der Waals surface area contributed by atoms with Gasteiger partial charge in [0.15, 0.2) is 0 Å². The second-order valence-corrected chi connectivity index (χ2v) is 10.2. The van der Waals surface area contributed by atoms with Crippen LogP contribution in [0.15, 0.2) is 22.3 Å². The van der Waals surface area contributed by atoms with Crippen LogP contribution in [0.4, 0.5) is 0 Å². The van der Waals surface area contributed by atoms with E-state index in [1.807, 2.05) is 0 Å². The van der Waals surface area contributed by atoms with Crippen molar-refractivity contribution in [1.82, 2.24) is 4.90 Å². The molecule has 144 valence electrons. The molecule has 4 aliphatic carbocycles. The van der Waals surface area contributed by atoms with Gasteiger partial charge < -0.3 is 4.74 Å². The van der Waals surface area contributed by atoms with Gasteiger partial charge in [0.1, 0.15) is 5.78 Å². The zero-order chi connectivity index (χ0) is 18.7. The van der Waals surface area contributed by atoms with Gasteiger partial charge >= 0.3 is 5.97 Å². The summed E-state index contributed by atoms with van der Waals surface area (Å²) in [7, 11) is 1.48. The van der Waals surface area contributed by atoms with Gasteiger partial charge in [-0.2, -0.15) is 0 Å². The van der Waals surface area contributed by atoms with Crippen LogP contribution in [0.3, 0.4) is 0 Å². The highest BCUT2D eigenvalue weighted by Gasteiger charge is 2.74. The van der Waals surface area contributed by atoms with Gasteiger partial charge in [-0.25, -0.2) is 4.79 Å². The van der Waals surface area contributed by atoms with Crippen molar-refractivity contribution in [2.75, 3.05) is 20.2 Å². The number of carbonyl (C=O) groups excluding carboxylic acids is 2. The lowest BCUT2D eigenvalue weighted by Crippen LogP contribution is -2.65. The maximum Gasteiger partial charge on any atom is 0.334 e. The molecule has 6 unspecified atom stereocenters. The third kappa shape index (κ3) is 1.60. The zero-order valence-corrected chi connectivity index (χ0v) is 16.6. The number of allylic oxidation sites excluding steroid dienone is 3. The highest BCUT2D eigenvalue weighted by Crippen LogP contribution is 2.73. The van der Waals surface area contributed by atoms with Gasteiger partial charge in [0, 0.05) is 36.0 Å². The zero-order valence-electron chi connectivity index (χ0n) is 16.6. The molecule has 0 N–H and O–H groups in total. The van der Waals surface area contributed by atoms with E-state index in [0.29, 0.717) is 30.1 Å². The number of ketones is 1. The van der Waals surface area contributed by atoms with E-state index in [0.717, 1.165) is 44.3 Å². The first-order valence-electron chi connectivity index (χ1n) is 10.7. The van der Waals surface area contributed by atoms with E-state index < -0.39 is 5.41 Å². The van der Waals surface area contributed by atoms with Gasteiger partial charge in [-0.05, 0) is 61.5 Å². The molecule has 4 nitrogen and oxygen atoms in total. The van der Waals surface area contributed by atoms with Crippen LogP contribution < -0.4 is 0 Å². The summed E-state index contributed by atoms with van der Waals surface area (Å²) >= 11 is 0. The highest BCUT2D eigenvalue weighted by molar-refractivity contribution is 6.01. The van der Waals surface area contributed by atoms with Crippen molar-refractivity contribution in [3.05, 3.63) is 22.3 Å². The molecule has 1 spiro atoms. The molecular weight excluding hydrogens is 338 g/mol. The van der Waals surface area contributed by atoms with E-state index in [2.05, 4.69) is 18.7 Å². The second kappa shape index (κ2) is 4.94. The maximum absolute atomic E-state index is 14.3. The Morgan fingerprint density at radius 1 is 1.22 bits per heavy atom. The molecule has 2 saturated heterocycles. The Hall–Kier alpha value is -1.42. The summed E-state index contributed by atoms with van der Waals surface area (Å²) < 4.78 is 5.18. The number of carbonyl (C=O) groups is 2. The van der Waals surface area contributed by atoms with Crippen LogP contribution in [0, 0.1) is 28.6 Å². The lowest BCUT2D eigenvalue weighted by atomic mass is 9.45. The minimum atomic E-state index is -0.462. The first-order chi connectivity index (χ1) is 12.9. The molecule has 1 saturated carbocycles. The number of nitrogens with zero attached hydrogens (tertiary/aromatic N) is 1. The van der Waals surface area contributed by atoms with Gasteiger partial charge in [-0.3, -0.25) is 9.69 Å². The fraction of sp³-hybridized carbons (Fsp3) is 0.739. The summed E-state index contributed by atoms with van der Waals surface area (Å²) in [6.45, 7) is 6.89. The molecule has 2 bridgehead atoms. The molecular formula is C23H29NO3. The Labute approximate surface area is 161 Å². The average molecular weight is 367 g/mol. The summed E-state index contributed by atoms with van der Waals surface area (Å²) in [6.07, 6.45) is 5.92. The number of methoxy groups -OCH3 is 1. The van der Waals surface area contributed by atoms with Crippen molar-refractivity contribution in [1.29, 1.82) is 0 Å². The van der Waals surface area contributed by atoms with E-state index in [9.17, 15) is 9.59 Å². The number of fused-ring (bicyclic) bond motifs is 1. The third-order valence-electron chi connectivity index (χ3n) is 9.59. The normalized spacial score (nSPS) is 47.4. The minimum Gasteiger partial charge on any atom is -0.466 e. The third-order valence-corrected chi connectivity index (χ3v) is 9.59. The predicted octanol–water partition coefficient (Wildman–Crippen LogP) is 3.28. The summed E-state index contributed by atoms with van der Waals surface area (Å²) in [4.78, 5) is 29.6. The van der Waals surface area contributed by atoms with Crippen molar-refractivity contribution >= 4 is 11.8 Å². The standard InChI is InChI=1S/C23H29NO3/c1-12-10-24-11-14-6-4-13-5-7-15-17(21(26)27-3)9-23(19(13)15)20(25)16(12)8-18(24)22(14,23)2/h12,14,16,18H,4-11H2,1-3H3. The summed E-state index contributed by atoms with van der Waals surface area (Å²) in [5.41, 5.74) is 4.33. The van der Waals surface area contributed by atoms with Crippen LogP contribution >= 0.6 is 0 Å². The Kier molecular flexibility index (Phi) is 3.03. The number of esters is 1. The van der Waals surface area contributed by atoms with Gasteiger partial charge in [-0.1, -0.05) is 19.4 Å². The van der Waals surface area contributed by atoms with Crippen molar-refractivity contribution in [2.24, 2.45) is 28.6 Å². The van der Waals surface area contributed by atoms with Gasteiger partial charge in [-0.15, -0.1) is 0 Å². The molecule has 6 atom stereocenters. The Bertz CT molecular complexity index is 854. The van der Waals surface area contributed by atoms with Gasteiger partial charge in [0.2, 0.25) is 0 Å². The molecule has 0 radical (unpaired) electrons. The largest absolute Gasteiger partial charge is 0.466 e. The molecule has 27 heavy (non-hydrogen) atoms. The number of hydrogen-bond donors (Lipinski definition) is 0. The van der Waals surface area contributed by atoms with Crippen LogP contribution in [0.2, 0.25) is 0 Å². The van der Waals surface area contributed by atoms with E-state index in [1.54, 1.807) is 0 Å². The van der Waals surface area contributed by atoms with E-state index in [4.69, 9.17) is 4.74 Å². The van der Waals surface area contributed by atoms with Crippen LogP contribution in [0.5, 0.6) is 0 Å². The predicted molar refractivity (Wildman–Crippen MR) is 101 cm³/mol. The lowest BCUT2D eigenvalue weighted by Gasteiger charge is -2.59. The van der Waals surface area contributed by atoms with Gasteiger partial charge in [0.05, 0.1) is 12.5 Å². The Morgan fingerprint density at radius 2 is 2.04 bits per heavy atom. The number of rotatable bonds is 1. The summed E-state index contributed by atoms with van der Waals surface area (Å²) in [5.74, 6) is 1.40. The van der Waals surface area contributed by atoms with Crippen molar-refractivity contribution < 1.29 is 14.3 Å². The second-order valence-electron chi connectivity index (χ2n) is 10.2. The fourth-order valence-electron chi connectivity index (χ4n) is 8.44. The monoisotopic (exact) mass is 367 g/mol. The molecule has 0 aromatic heterocycles. The Balaban J connectivity index is 1.64. The van der Waals surface area contributed by atoms with Crippen molar-refractivity contribution in [2.45, 2.75) is 58.4 Å². The quantitative estimate of drug-likeness (QED) is 0.668. The van der Waals surface area contributed by atoms with Crippen LogP contribution in [-0.4, -0.2) is 42.9 Å². The maximum atomic E-state index is 14.3. The molecule has 6 aliphatic rings. The molecule has 0 amide bonds. The number of Topliss-reactive ketones (excluding diaryl/α,β-unsaturated/α-hetero) is 1. The first kappa shape index (κ1) is 16.5. The summed E-state index contributed by atoms with van der Waals surface area (Å²) in [5, 5.41) is 0. The smallest absolute Gasteiger partial charge is 0.334 e. The topological polar surface area (TPSA) is 46.6 Å². The molecule has 2 heterocycles. The lowest BCUT2D eigenvalue weighted by molar-refractivity contribution is -0.156. The average Bonchev–Trinajstić information content (AvgIpc) is 3.27. The molecule has 6 rings (SSSR count). The molecule has 4 heteroatoms. The van der Waals surface area contributed by atoms with Crippen LogP contribution in [0.1, 0.15) is 52.4 Å². The van der Waals surface area contributed by atoms with Crippen molar-refractivity contribution in [3.8, 4) is 0 Å². The van der Waals surface area contributed by atoms with E-state index in [1.165, 1.54) is 30.2 Å². The fourth-order valence-corrected chi connectivity index (χ4v) is 8.44. The number of hydrogen-bond acceptors (Lipinski definition) is 4. The molecule has 0 aromatic carbocycles. The van der Waals surface area contributed by atoms with Gasteiger partial charge in [0.25, 0.3) is 0 Å². The number of ether oxygens (including phenoxy) is 1. The molecule has 3 fully saturated rings. The highest BCUT2D eigenvalue weighted by atomic mass is 16.5.